The second-order valence-corrected chi connectivity index (χ2v) is 5.48. The van der Waals surface area contributed by atoms with Crippen LogP contribution in [0.15, 0.2) is 48.5 Å². The van der Waals surface area contributed by atoms with E-state index in [0.717, 1.165) is 17.7 Å². The Morgan fingerprint density at radius 3 is 2.46 bits per heavy atom. The summed E-state index contributed by atoms with van der Waals surface area (Å²) in [6, 6.07) is 11.5. The van der Waals surface area contributed by atoms with E-state index in [9.17, 15) is 18.0 Å². The van der Waals surface area contributed by atoms with Gasteiger partial charge in [-0.3, -0.25) is 4.79 Å². The predicted octanol–water partition coefficient (Wildman–Crippen LogP) is 4.10. The van der Waals surface area contributed by atoms with Crippen LogP contribution >= 0.6 is 11.6 Å². The molecule has 0 unspecified atom stereocenters. The van der Waals surface area contributed by atoms with Crippen LogP contribution in [0, 0.1) is 0 Å². The number of nitrogens with one attached hydrogen (secondary N) is 1. The zero-order chi connectivity index (χ0) is 17.6. The maximum absolute atomic E-state index is 12.4. The van der Waals surface area contributed by atoms with Crippen LogP contribution in [-0.2, 0) is 17.4 Å². The molecule has 0 heterocycles. The van der Waals surface area contributed by atoms with Gasteiger partial charge < -0.3 is 10.1 Å². The molecule has 1 amide bonds. The summed E-state index contributed by atoms with van der Waals surface area (Å²) in [5.74, 6) is -0.148. The van der Waals surface area contributed by atoms with Gasteiger partial charge in [0, 0.05) is 11.6 Å². The van der Waals surface area contributed by atoms with Crippen molar-refractivity contribution in [2.75, 3.05) is 13.2 Å². The molecule has 2 rings (SSSR count). The van der Waals surface area contributed by atoms with Crippen molar-refractivity contribution in [1.82, 2.24) is 5.32 Å². The van der Waals surface area contributed by atoms with Crippen molar-refractivity contribution in [1.29, 1.82) is 0 Å². The second-order valence-electron chi connectivity index (χ2n) is 5.04. The van der Waals surface area contributed by atoms with Crippen molar-refractivity contribution in [3.05, 3.63) is 64.7 Å². The molecule has 2 aromatic rings. The molecule has 24 heavy (non-hydrogen) atoms. The Morgan fingerprint density at radius 2 is 1.83 bits per heavy atom. The predicted molar refractivity (Wildman–Crippen MR) is 85.1 cm³/mol. The third kappa shape index (κ3) is 5.77. The van der Waals surface area contributed by atoms with Crippen LogP contribution in [0.2, 0.25) is 5.02 Å². The van der Waals surface area contributed by atoms with Gasteiger partial charge in [0.2, 0.25) is 0 Å². The number of halogens is 4. The molecule has 2 aromatic carbocycles. The summed E-state index contributed by atoms with van der Waals surface area (Å²) in [7, 11) is 0. The van der Waals surface area contributed by atoms with Crippen molar-refractivity contribution in [2.45, 2.75) is 12.6 Å². The largest absolute Gasteiger partial charge is 0.484 e. The van der Waals surface area contributed by atoms with E-state index in [4.69, 9.17) is 16.3 Å². The lowest BCUT2D eigenvalue weighted by Gasteiger charge is -2.09. The van der Waals surface area contributed by atoms with E-state index >= 15 is 0 Å². The fourth-order valence-electron chi connectivity index (χ4n) is 1.98. The number of hydrogen-bond donors (Lipinski definition) is 1. The number of hydrogen-bond acceptors (Lipinski definition) is 2. The highest BCUT2D eigenvalue weighted by molar-refractivity contribution is 6.30. The van der Waals surface area contributed by atoms with Gasteiger partial charge in [0.05, 0.1) is 5.56 Å². The minimum absolute atomic E-state index is 0.202. The monoisotopic (exact) mass is 357 g/mol. The molecule has 3 nitrogen and oxygen atoms in total. The summed E-state index contributed by atoms with van der Waals surface area (Å²) in [5, 5.41) is 3.30. The summed E-state index contributed by atoms with van der Waals surface area (Å²) in [5.41, 5.74) is 0.229. The van der Waals surface area contributed by atoms with E-state index in [1.54, 1.807) is 6.07 Å². The molecule has 0 spiro atoms. The zero-order valence-corrected chi connectivity index (χ0v) is 13.3. The molecular formula is C17H15ClF3NO2. The van der Waals surface area contributed by atoms with Gasteiger partial charge in [-0.25, -0.2) is 0 Å². The summed E-state index contributed by atoms with van der Waals surface area (Å²) in [6.45, 7) is 0.149. The Hall–Kier alpha value is -2.21. The molecule has 128 valence electrons. The molecule has 0 bridgehead atoms. The summed E-state index contributed by atoms with van der Waals surface area (Å²) < 4.78 is 42.4. The van der Waals surface area contributed by atoms with Gasteiger partial charge in [-0.15, -0.1) is 0 Å². The quantitative estimate of drug-likeness (QED) is 0.845. The molecule has 0 aliphatic carbocycles. The van der Waals surface area contributed by atoms with Crippen LogP contribution in [0.25, 0.3) is 0 Å². The molecule has 0 saturated heterocycles. The van der Waals surface area contributed by atoms with Crippen LogP contribution in [0.1, 0.15) is 11.1 Å². The maximum atomic E-state index is 12.4. The van der Waals surface area contributed by atoms with E-state index in [0.29, 0.717) is 18.0 Å². The highest BCUT2D eigenvalue weighted by atomic mass is 35.5. The first-order chi connectivity index (χ1) is 11.3. The molecular weight excluding hydrogens is 343 g/mol. The fraction of sp³-hybridized carbons (Fsp3) is 0.235. The number of carbonyl (C=O) groups excluding carboxylic acids is 1. The van der Waals surface area contributed by atoms with Gasteiger partial charge in [0.25, 0.3) is 5.91 Å². The number of amides is 1. The third-order valence-corrected chi connectivity index (χ3v) is 3.41. The van der Waals surface area contributed by atoms with E-state index in [2.05, 4.69) is 5.32 Å². The normalized spacial score (nSPS) is 11.2. The molecule has 0 saturated carbocycles. The van der Waals surface area contributed by atoms with Crippen molar-refractivity contribution in [3.63, 3.8) is 0 Å². The zero-order valence-electron chi connectivity index (χ0n) is 12.6. The standard InChI is InChI=1S/C17H15ClF3NO2/c18-14-3-1-2-12(10-14)8-9-22-16(23)11-24-15-6-4-13(5-7-15)17(19,20)21/h1-7,10H,8-9,11H2,(H,22,23). The van der Waals surface area contributed by atoms with Crippen molar-refractivity contribution in [2.24, 2.45) is 0 Å². The van der Waals surface area contributed by atoms with Crippen molar-refractivity contribution < 1.29 is 22.7 Å². The topological polar surface area (TPSA) is 38.3 Å². The Morgan fingerprint density at radius 1 is 1.12 bits per heavy atom. The first-order valence-corrected chi connectivity index (χ1v) is 7.53. The van der Waals surface area contributed by atoms with E-state index in [1.165, 1.54) is 12.1 Å². The number of ether oxygens (including phenoxy) is 1. The van der Waals surface area contributed by atoms with Crippen LogP contribution in [-0.4, -0.2) is 19.1 Å². The Kier molecular flexibility index (Phi) is 6.09. The lowest BCUT2D eigenvalue weighted by molar-refractivity contribution is -0.137. The number of benzene rings is 2. The van der Waals surface area contributed by atoms with Gasteiger partial charge in [0.1, 0.15) is 5.75 Å². The Bertz CT molecular complexity index is 687. The Labute approximate surface area is 142 Å². The molecule has 0 fully saturated rings. The van der Waals surface area contributed by atoms with Crippen molar-refractivity contribution in [3.8, 4) is 5.75 Å². The minimum Gasteiger partial charge on any atom is -0.484 e. The average Bonchev–Trinajstić information content (AvgIpc) is 2.52. The van der Waals surface area contributed by atoms with Crippen LogP contribution in [0.5, 0.6) is 5.75 Å². The third-order valence-electron chi connectivity index (χ3n) is 3.18. The van der Waals surface area contributed by atoms with E-state index in [1.807, 2.05) is 18.2 Å². The first kappa shape index (κ1) is 18.1. The van der Waals surface area contributed by atoms with E-state index < -0.39 is 11.7 Å². The van der Waals surface area contributed by atoms with Gasteiger partial charge in [-0.05, 0) is 48.4 Å². The van der Waals surface area contributed by atoms with Gasteiger partial charge in [-0.2, -0.15) is 13.2 Å². The summed E-state index contributed by atoms with van der Waals surface area (Å²) >= 11 is 5.87. The molecule has 0 radical (unpaired) electrons. The lowest BCUT2D eigenvalue weighted by Crippen LogP contribution is -2.30. The van der Waals surface area contributed by atoms with Gasteiger partial charge >= 0.3 is 6.18 Å². The van der Waals surface area contributed by atoms with Gasteiger partial charge in [0.15, 0.2) is 6.61 Å². The number of alkyl halides is 3. The van der Waals surface area contributed by atoms with Gasteiger partial charge in [-0.1, -0.05) is 23.7 Å². The average molecular weight is 358 g/mol. The molecule has 1 N–H and O–H groups in total. The maximum Gasteiger partial charge on any atom is 0.416 e. The van der Waals surface area contributed by atoms with Crippen LogP contribution in [0.3, 0.4) is 0 Å². The molecule has 0 atom stereocenters. The highest BCUT2D eigenvalue weighted by Gasteiger charge is 2.30. The van der Waals surface area contributed by atoms with Crippen LogP contribution in [0.4, 0.5) is 13.2 Å². The second kappa shape index (κ2) is 8.06. The van der Waals surface area contributed by atoms with Crippen LogP contribution < -0.4 is 10.1 Å². The molecule has 7 heteroatoms. The molecule has 0 aromatic heterocycles. The summed E-state index contributed by atoms with van der Waals surface area (Å²) in [6.07, 6.45) is -3.77. The fourth-order valence-corrected chi connectivity index (χ4v) is 2.19. The lowest BCUT2D eigenvalue weighted by atomic mass is 10.1. The smallest absolute Gasteiger partial charge is 0.416 e. The first-order valence-electron chi connectivity index (χ1n) is 7.16. The van der Waals surface area contributed by atoms with Crippen molar-refractivity contribution >= 4 is 17.5 Å². The minimum atomic E-state index is -4.39. The molecule has 0 aliphatic heterocycles. The number of carbonyl (C=O) groups is 1. The Balaban J connectivity index is 1.73. The SMILES string of the molecule is O=C(COc1ccc(C(F)(F)F)cc1)NCCc1cccc(Cl)c1. The van der Waals surface area contributed by atoms with E-state index in [-0.39, 0.29) is 18.3 Å². The highest BCUT2D eigenvalue weighted by Crippen LogP contribution is 2.30. The summed E-state index contributed by atoms with van der Waals surface area (Å²) in [4.78, 5) is 11.7. The molecule has 0 aliphatic rings. The number of rotatable bonds is 6.